The molecule has 4 rings (SSSR count). The Morgan fingerprint density at radius 3 is 1.48 bits per heavy atom. The molecule has 1 N–H and O–H groups in total. The summed E-state index contributed by atoms with van der Waals surface area (Å²) in [5.74, 6) is 0.143. The zero-order valence-corrected chi connectivity index (χ0v) is 34.6. The second-order valence-corrected chi connectivity index (χ2v) is 13.6. The lowest BCUT2D eigenvalue weighted by atomic mass is 9.96. The van der Waals surface area contributed by atoms with Crippen LogP contribution in [0.2, 0.25) is 0 Å². The molecule has 0 spiro atoms. The lowest BCUT2D eigenvalue weighted by Gasteiger charge is -2.48. The highest BCUT2D eigenvalue weighted by molar-refractivity contribution is 5.69. The monoisotopic (exact) mass is 855 g/mol. The van der Waals surface area contributed by atoms with Crippen molar-refractivity contribution < 1.29 is 85.7 Å². The van der Waals surface area contributed by atoms with Gasteiger partial charge in [0.2, 0.25) is 0 Å². The van der Waals surface area contributed by atoms with Crippen LogP contribution in [0.1, 0.15) is 60.1 Å². The predicted octanol–water partition coefficient (Wildman–Crippen LogP) is 2.48. The lowest BCUT2D eigenvalue weighted by molar-refractivity contribution is -0.360. The van der Waals surface area contributed by atoms with Gasteiger partial charge in [0.05, 0.1) is 0 Å². The molecule has 0 radical (unpaired) electrons. The molecule has 2 aliphatic heterocycles. The maximum atomic E-state index is 12.7. The molecule has 1 unspecified atom stereocenters. The fourth-order valence-corrected chi connectivity index (χ4v) is 6.42. The van der Waals surface area contributed by atoms with Gasteiger partial charge >= 0.3 is 41.8 Å². The minimum absolute atomic E-state index is 0.319. The van der Waals surface area contributed by atoms with Crippen LogP contribution in [0.3, 0.4) is 0 Å². The zero-order valence-electron chi connectivity index (χ0n) is 34.6. The third-order valence-corrected chi connectivity index (χ3v) is 8.67. The van der Waals surface area contributed by atoms with Crippen molar-refractivity contribution in [3.63, 3.8) is 0 Å². The second-order valence-electron chi connectivity index (χ2n) is 13.6. The van der Waals surface area contributed by atoms with Crippen molar-refractivity contribution in [3.8, 4) is 11.8 Å². The summed E-state index contributed by atoms with van der Waals surface area (Å²) >= 11 is 0. The van der Waals surface area contributed by atoms with Gasteiger partial charge in [-0.15, -0.1) is 0 Å². The SMILES string of the molecule is CC(=O)OC[C@H]1O[C@@H](O[C@H]2[C@H](OC(C)=O)[C@@H](OC(C)=O)[C@@H](OCC#CC(Nc3ccccc3)c3ccccc3)O[C@@H]2COC(C)=O)[C@H](OC(C)=O)[C@@H](OC(C)=O)[C@H]1OC(C)=O. The number of carbonyl (C=O) groups is 7. The van der Waals surface area contributed by atoms with E-state index in [0.717, 1.165) is 59.7 Å². The molecule has 0 bridgehead atoms. The number of esters is 7. The smallest absolute Gasteiger partial charge is 0.303 e. The van der Waals surface area contributed by atoms with Crippen molar-refractivity contribution in [2.24, 2.45) is 0 Å². The highest BCUT2D eigenvalue weighted by Gasteiger charge is 2.57. The molecular weight excluding hydrogens is 806 g/mol. The topological polar surface area (TPSA) is 233 Å². The molecule has 2 aromatic rings. The predicted molar refractivity (Wildman–Crippen MR) is 206 cm³/mol. The van der Waals surface area contributed by atoms with Crippen molar-refractivity contribution in [2.75, 3.05) is 25.1 Å². The lowest BCUT2D eigenvalue weighted by Crippen LogP contribution is -2.67. The second kappa shape index (κ2) is 23.1. The first-order valence-electron chi connectivity index (χ1n) is 19.1. The van der Waals surface area contributed by atoms with E-state index in [0.29, 0.717) is 0 Å². The van der Waals surface area contributed by atoms with Crippen LogP contribution >= 0.6 is 0 Å². The standard InChI is InChI=1S/C42H49NO18/c1-23(44)52-21-33-35(54-25(3)46)37(55-26(4)47)40(58-29(7)50)42(60-33)61-36-34(22-53-24(2)45)59-41(39(57-28(6)49)38(36)56-27(5)48)51-20-14-19-32(30-15-10-8-11-16-30)43-31-17-12-9-13-18-31/h8-13,15-18,32-43H,20-22H2,1-7H3/t32?,33-,34-,35+,36-,37+,38+,39-,40-,41+,42+/m1/s1. The van der Waals surface area contributed by atoms with E-state index in [1.54, 1.807) is 0 Å². The van der Waals surface area contributed by atoms with E-state index in [9.17, 15) is 33.6 Å². The molecule has 61 heavy (non-hydrogen) atoms. The fourth-order valence-electron chi connectivity index (χ4n) is 6.42. The van der Waals surface area contributed by atoms with Crippen LogP contribution in [0, 0.1) is 11.8 Å². The molecular formula is C42H49NO18. The van der Waals surface area contributed by atoms with Crippen LogP contribution in [0.25, 0.3) is 0 Å². The minimum atomic E-state index is -1.82. The Hall–Kier alpha value is -6.07. The molecule has 0 saturated carbocycles. The Morgan fingerprint density at radius 1 is 0.541 bits per heavy atom. The summed E-state index contributed by atoms with van der Waals surface area (Å²) < 4.78 is 63.0. The minimum Gasteiger partial charge on any atom is -0.463 e. The first-order chi connectivity index (χ1) is 29.0. The van der Waals surface area contributed by atoms with E-state index in [2.05, 4.69) is 17.2 Å². The molecule has 0 amide bonds. The van der Waals surface area contributed by atoms with Gasteiger partial charge in [0.25, 0.3) is 0 Å². The normalized spacial score (nSPS) is 26.1. The van der Waals surface area contributed by atoms with E-state index in [1.165, 1.54) is 0 Å². The fraction of sp³-hybridized carbons (Fsp3) is 0.500. The molecule has 11 atom stereocenters. The molecule has 2 aromatic carbocycles. The third-order valence-electron chi connectivity index (χ3n) is 8.67. The van der Waals surface area contributed by atoms with Crippen molar-refractivity contribution in [2.45, 2.75) is 116 Å². The number of para-hydroxylation sites is 1. The Kier molecular flexibility index (Phi) is 18.0. The molecule has 2 aliphatic rings. The molecule has 2 heterocycles. The van der Waals surface area contributed by atoms with Gasteiger partial charge in [-0.05, 0) is 17.7 Å². The zero-order chi connectivity index (χ0) is 44.6. The quantitative estimate of drug-likeness (QED) is 0.145. The van der Waals surface area contributed by atoms with Gasteiger partial charge in [-0.25, -0.2) is 0 Å². The largest absolute Gasteiger partial charge is 0.463 e. The number of ether oxygens (including phenoxy) is 11. The van der Waals surface area contributed by atoms with Crippen LogP contribution in [-0.2, 0) is 85.7 Å². The van der Waals surface area contributed by atoms with Gasteiger partial charge in [-0.3, -0.25) is 33.6 Å². The highest BCUT2D eigenvalue weighted by atomic mass is 16.8. The van der Waals surface area contributed by atoms with Crippen LogP contribution in [0.15, 0.2) is 60.7 Å². The van der Waals surface area contributed by atoms with E-state index in [1.807, 2.05) is 60.7 Å². The summed E-state index contributed by atoms with van der Waals surface area (Å²) in [5.41, 5.74) is 1.65. The summed E-state index contributed by atoms with van der Waals surface area (Å²) in [7, 11) is 0. The van der Waals surface area contributed by atoms with E-state index >= 15 is 0 Å². The van der Waals surface area contributed by atoms with Crippen LogP contribution in [0.4, 0.5) is 5.69 Å². The summed E-state index contributed by atoms with van der Waals surface area (Å²) in [5, 5.41) is 3.36. The van der Waals surface area contributed by atoms with E-state index in [4.69, 9.17) is 52.1 Å². The first kappa shape index (κ1) is 47.6. The molecule has 2 fully saturated rings. The van der Waals surface area contributed by atoms with E-state index < -0.39 is 122 Å². The third kappa shape index (κ3) is 14.9. The van der Waals surface area contributed by atoms with Gasteiger partial charge in [-0.2, -0.15) is 0 Å². The molecule has 0 aromatic heterocycles. The molecule has 19 heteroatoms. The Morgan fingerprint density at radius 2 is 0.967 bits per heavy atom. The van der Waals surface area contributed by atoms with Crippen molar-refractivity contribution >= 4 is 47.5 Å². The Labute approximate surface area is 351 Å². The number of carbonyl (C=O) groups excluding carboxylic acids is 7. The van der Waals surface area contributed by atoms with Gasteiger partial charge in [0.15, 0.2) is 43.1 Å². The Bertz CT molecular complexity index is 1900. The van der Waals surface area contributed by atoms with Crippen LogP contribution in [0.5, 0.6) is 0 Å². The Balaban J connectivity index is 1.74. The summed E-state index contributed by atoms with van der Waals surface area (Å²) in [4.78, 5) is 86.6. The van der Waals surface area contributed by atoms with Gasteiger partial charge in [0, 0.05) is 54.2 Å². The molecule has 19 nitrogen and oxygen atoms in total. The van der Waals surface area contributed by atoms with Crippen molar-refractivity contribution in [1.29, 1.82) is 0 Å². The van der Waals surface area contributed by atoms with Gasteiger partial charge in [-0.1, -0.05) is 60.4 Å². The van der Waals surface area contributed by atoms with Crippen molar-refractivity contribution in [1.82, 2.24) is 0 Å². The molecule has 0 aliphatic carbocycles. The number of rotatable bonds is 16. The number of anilines is 1. The van der Waals surface area contributed by atoms with E-state index in [-0.39, 0.29) is 6.61 Å². The van der Waals surface area contributed by atoms with Gasteiger partial charge < -0.3 is 57.4 Å². The maximum Gasteiger partial charge on any atom is 0.303 e. The average Bonchev–Trinajstić information content (AvgIpc) is 3.18. The molecule has 330 valence electrons. The number of hydrogen-bond donors (Lipinski definition) is 1. The highest BCUT2D eigenvalue weighted by Crippen LogP contribution is 2.35. The maximum absolute atomic E-state index is 12.7. The number of benzene rings is 2. The van der Waals surface area contributed by atoms with Crippen LogP contribution < -0.4 is 5.32 Å². The van der Waals surface area contributed by atoms with Crippen molar-refractivity contribution in [3.05, 3.63) is 66.2 Å². The number of nitrogens with one attached hydrogen (secondary N) is 1. The first-order valence-corrected chi connectivity index (χ1v) is 19.1. The molecule has 2 saturated heterocycles. The summed E-state index contributed by atoms with van der Waals surface area (Å²) in [6.45, 7) is 6.04. The average molecular weight is 856 g/mol. The summed E-state index contributed by atoms with van der Waals surface area (Å²) in [6.07, 6.45) is -15.9. The summed E-state index contributed by atoms with van der Waals surface area (Å²) in [6, 6.07) is 18.3. The van der Waals surface area contributed by atoms with Gasteiger partial charge in [0.1, 0.15) is 44.2 Å². The van der Waals surface area contributed by atoms with Crippen LogP contribution in [-0.4, -0.2) is 123 Å². The number of hydrogen-bond acceptors (Lipinski definition) is 19.